The van der Waals surface area contributed by atoms with Gasteiger partial charge in [0.05, 0.1) is 0 Å². The first-order valence-corrected chi connectivity index (χ1v) is 9.58. The van der Waals surface area contributed by atoms with E-state index in [9.17, 15) is 0 Å². The Labute approximate surface area is 137 Å². The fourth-order valence-corrected chi connectivity index (χ4v) is 5.17. The fraction of sp³-hybridized carbons (Fsp3) is 0.727. The zero-order valence-electron chi connectivity index (χ0n) is 14.9. The monoisotopic (exact) mass is 298 g/mol. The number of aryl methyl sites for hydroxylation is 1. The van der Waals surface area contributed by atoms with E-state index in [2.05, 4.69) is 45.0 Å². The predicted octanol–water partition coefficient (Wildman–Crippen LogP) is 6.56. The Kier molecular flexibility index (Phi) is 4.95. The van der Waals surface area contributed by atoms with Crippen LogP contribution in [0.4, 0.5) is 0 Å². The quantitative estimate of drug-likeness (QED) is 0.590. The summed E-state index contributed by atoms with van der Waals surface area (Å²) in [6, 6.07) is 9.16. The molecule has 0 heteroatoms. The molecule has 0 N–H and O–H groups in total. The average molecular weight is 299 g/mol. The molecule has 2 atom stereocenters. The minimum atomic E-state index is 0.556. The first-order chi connectivity index (χ1) is 10.5. The molecule has 0 spiro atoms. The van der Waals surface area contributed by atoms with Gasteiger partial charge in [0.25, 0.3) is 0 Å². The van der Waals surface area contributed by atoms with E-state index in [4.69, 9.17) is 0 Å². The summed E-state index contributed by atoms with van der Waals surface area (Å²) in [6.07, 6.45) is 13.2. The molecular formula is C22H34. The molecule has 2 fully saturated rings. The minimum Gasteiger partial charge on any atom is -0.0625 e. The molecule has 2 saturated carbocycles. The molecule has 0 bridgehead atoms. The van der Waals surface area contributed by atoms with Gasteiger partial charge in [0.15, 0.2) is 0 Å². The summed E-state index contributed by atoms with van der Waals surface area (Å²) in [6.45, 7) is 7.19. The Morgan fingerprint density at radius 2 is 1.82 bits per heavy atom. The van der Waals surface area contributed by atoms with E-state index in [0.717, 1.165) is 17.8 Å². The van der Waals surface area contributed by atoms with Gasteiger partial charge in [0.2, 0.25) is 0 Å². The van der Waals surface area contributed by atoms with Crippen LogP contribution in [0.1, 0.15) is 76.3 Å². The van der Waals surface area contributed by atoms with Gasteiger partial charge in [-0.05, 0) is 67.8 Å². The number of benzene rings is 1. The van der Waals surface area contributed by atoms with Crippen LogP contribution in [0, 0.1) is 30.1 Å². The minimum absolute atomic E-state index is 0.556. The molecular weight excluding hydrogens is 264 g/mol. The fourth-order valence-electron chi connectivity index (χ4n) is 5.17. The highest BCUT2D eigenvalue weighted by molar-refractivity contribution is 5.23. The van der Waals surface area contributed by atoms with Crippen LogP contribution in [0.2, 0.25) is 0 Å². The first kappa shape index (κ1) is 16.1. The second-order valence-electron chi connectivity index (χ2n) is 8.95. The largest absolute Gasteiger partial charge is 0.0625 e. The van der Waals surface area contributed by atoms with Gasteiger partial charge in [-0.25, -0.2) is 0 Å². The molecule has 122 valence electrons. The van der Waals surface area contributed by atoms with Crippen molar-refractivity contribution >= 4 is 0 Å². The van der Waals surface area contributed by atoms with E-state index in [1.807, 2.05) is 0 Å². The van der Waals surface area contributed by atoms with Crippen LogP contribution in [-0.2, 0) is 6.42 Å². The lowest BCUT2D eigenvalue weighted by molar-refractivity contribution is 0.234. The lowest BCUT2D eigenvalue weighted by Gasteiger charge is -2.29. The van der Waals surface area contributed by atoms with Crippen molar-refractivity contribution in [1.82, 2.24) is 0 Å². The van der Waals surface area contributed by atoms with Crippen LogP contribution in [0.3, 0.4) is 0 Å². The van der Waals surface area contributed by atoms with Crippen molar-refractivity contribution in [1.29, 1.82) is 0 Å². The maximum absolute atomic E-state index is 2.54. The zero-order chi connectivity index (χ0) is 15.6. The molecule has 22 heavy (non-hydrogen) atoms. The molecule has 0 heterocycles. The van der Waals surface area contributed by atoms with Crippen molar-refractivity contribution in [3.05, 3.63) is 35.4 Å². The predicted molar refractivity (Wildman–Crippen MR) is 96.1 cm³/mol. The Morgan fingerprint density at radius 1 is 1.05 bits per heavy atom. The Bertz CT molecular complexity index is 481. The summed E-state index contributed by atoms with van der Waals surface area (Å²) in [4.78, 5) is 0. The van der Waals surface area contributed by atoms with Crippen molar-refractivity contribution in [2.45, 2.75) is 78.6 Å². The highest BCUT2D eigenvalue weighted by atomic mass is 14.4. The second-order valence-corrected chi connectivity index (χ2v) is 8.95. The number of hydrogen-bond acceptors (Lipinski definition) is 0. The maximum atomic E-state index is 2.54. The van der Waals surface area contributed by atoms with Crippen LogP contribution >= 0.6 is 0 Å². The molecule has 2 unspecified atom stereocenters. The van der Waals surface area contributed by atoms with Crippen molar-refractivity contribution in [2.24, 2.45) is 23.2 Å². The summed E-state index contributed by atoms with van der Waals surface area (Å²) in [7, 11) is 0. The molecule has 2 aliphatic carbocycles. The molecule has 0 amide bonds. The third-order valence-corrected chi connectivity index (χ3v) is 6.45. The van der Waals surface area contributed by atoms with Crippen LogP contribution in [-0.4, -0.2) is 0 Å². The molecule has 0 nitrogen and oxygen atoms in total. The normalized spacial score (nSPS) is 35.7. The van der Waals surface area contributed by atoms with Crippen LogP contribution in [0.15, 0.2) is 24.3 Å². The van der Waals surface area contributed by atoms with Gasteiger partial charge in [-0.2, -0.15) is 0 Å². The molecule has 1 aromatic carbocycles. The smallest absolute Gasteiger partial charge is 0.0224 e. The van der Waals surface area contributed by atoms with E-state index >= 15 is 0 Å². The summed E-state index contributed by atoms with van der Waals surface area (Å²) < 4.78 is 0. The van der Waals surface area contributed by atoms with E-state index in [1.165, 1.54) is 63.4 Å². The first-order valence-electron chi connectivity index (χ1n) is 9.58. The van der Waals surface area contributed by atoms with Crippen molar-refractivity contribution < 1.29 is 0 Å². The third-order valence-electron chi connectivity index (χ3n) is 6.45. The van der Waals surface area contributed by atoms with E-state index in [1.54, 1.807) is 5.56 Å². The standard InChI is InChI=1S/C22H34/c1-17-7-9-19(10-8-17)14-21-11-12-22(3,16-21)15-20-6-4-5-18(2)13-20/h4-6,13,17,19,21H,7-12,14-16H2,1-3H3. The summed E-state index contributed by atoms with van der Waals surface area (Å²) >= 11 is 0. The van der Waals surface area contributed by atoms with E-state index in [-0.39, 0.29) is 0 Å². The van der Waals surface area contributed by atoms with Crippen molar-refractivity contribution in [3.63, 3.8) is 0 Å². The average Bonchev–Trinajstić information content (AvgIpc) is 2.82. The van der Waals surface area contributed by atoms with Crippen molar-refractivity contribution in [2.75, 3.05) is 0 Å². The van der Waals surface area contributed by atoms with Crippen LogP contribution < -0.4 is 0 Å². The van der Waals surface area contributed by atoms with Gasteiger partial charge in [-0.3, -0.25) is 0 Å². The van der Waals surface area contributed by atoms with E-state index in [0.29, 0.717) is 5.41 Å². The van der Waals surface area contributed by atoms with Gasteiger partial charge in [0, 0.05) is 0 Å². The molecule has 0 aromatic heterocycles. The lowest BCUT2D eigenvalue weighted by atomic mass is 9.76. The molecule has 1 aromatic rings. The van der Waals surface area contributed by atoms with Crippen molar-refractivity contribution in [3.8, 4) is 0 Å². The summed E-state index contributed by atoms with van der Waals surface area (Å²) in [5, 5.41) is 0. The summed E-state index contributed by atoms with van der Waals surface area (Å²) in [5.41, 5.74) is 3.52. The molecule has 0 aliphatic heterocycles. The lowest BCUT2D eigenvalue weighted by Crippen LogP contribution is -2.18. The van der Waals surface area contributed by atoms with Gasteiger partial charge >= 0.3 is 0 Å². The zero-order valence-corrected chi connectivity index (χ0v) is 14.9. The molecule has 2 aliphatic rings. The third kappa shape index (κ3) is 4.15. The van der Waals surface area contributed by atoms with Gasteiger partial charge < -0.3 is 0 Å². The van der Waals surface area contributed by atoms with E-state index < -0.39 is 0 Å². The Morgan fingerprint density at radius 3 is 2.55 bits per heavy atom. The number of rotatable bonds is 4. The van der Waals surface area contributed by atoms with Gasteiger partial charge in [-0.1, -0.05) is 69.4 Å². The SMILES string of the molecule is Cc1cccc(CC2(C)CCC(CC3CCC(C)CC3)C2)c1. The Hall–Kier alpha value is -0.780. The van der Waals surface area contributed by atoms with Crippen LogP contribution in [0.5, 0.6) is 0 Å². The number of hydrogen-bond donors (Lipinski definition) is 0. The summed E-state index contributed by atoms with van der Waals surface area (Å²) in [5.74, 6) is 3.04. The topological polar surface area (TPSA) is 0 Å². The molecule has 0 saturated heterocycles. The van der Waals surface area contributed by atoms with Gasteiger partial charge in [-0.15, -0.1) is 0 Å². The maximum Gasteiger partial charge on any atom is -0.0224 e. The van der Waals surface area contributed by atoms with Crippen LogP contribution in [0.25, 0.3) is 0 Å². The highest BCUT2D eigenvalue weighted by Crippen LogP contribution is 2.47. The second kappa shape index (κ2) is 6.77. The highest BCUT2D eigenvalue weighted by Gasteiger charge is 2.36. The van der Waals surface area contributed by atoms with Gasteiger partial charge in [0.1, 0.15) is 0 Å². The molecule has 0 radical (unpaired) electrons. The Balaban J connectivity index is 1.52. The molecule has 3 rings (SSSR count).